The van der Waals surface area contributed by atoms with Crippen LogP contribution in [0.3, 0.4) is 0 Å². The molecule has 2 aromatic carbocycles. The number of para-hydroxylation sites is 1. The molecule has 28 heavy (non-hydrogen) atoms. The number of ether oxygens (including phenoxy) is 1. The second kappa shape index (κ2) is 8.61. The molecule has 1 atom stereocenters. The molecule has 0 fully saturated rings. The van der Waals surface area contributed by atoms with Crippen LogP contribution in [0.15, 0.2) is 54.7 Å². The molecule has 0 saturated heterocycles. The summed E-state index contributed by atoms with van der Waals surface area (Å²) in [6.45, 7) is 1.58. The number of anilines is 2. The number of carbonyl (C=O) groups excluding carboxylic acids is 2. The summed E-state index contributed by atoms with van der Waals surface area (Å²) in [5.41, 5.74) is 3.80. The molecule has 0 aliphatic carbocycles. The third-order valence-corrected chi connectivity index (χ3v) is 4.60. The van der Waals surface area contributed by atoms with E-state index in [9.17, 15) is 9.59 Å². The predicted octanol–water partition coefficient (Wildman–Crippen LogP) is 3.74. The molecule has 0 spiro atoms. The third kappa shape index (κ3) is 4.71. The van der Waals surface area contributed by atoms with Gasteiger partial charge in [-0.2, -0.15) is 0 Å². The molecular weight excluding hydrogens is 354 g/mol. The van der Waals surface area contributed by atoms with Gasteiger partial charge in [-0.15, -0.1) is 0 Å². The van der Waals surface area contributed by atoms with E-state index in [2.05, 4.69) is 10.3 Å². The highest BCUT2D eigenvalue weighted by molar-refractivity contribution is 5.95. The van der Waals surface area contributed by atoms with Crippen LogP contribution in [0.25, 0.3) is 10.9 Å². The summed E-state index contributed by atoms with van der Waals surface area (Å²) in [7, 11) is 3.90. The summed E-state index contributed by atoms with van der Waals surface area (Å²) in [6.07, 6.45) is 1.83. The lowest BCUT2D eigenvalue weighted by atomic mass is 10.1. The molecule has 146 valence electrons. The van der Waals surface area contributed by atoms with Crippen LogP contribution in [0.2, 0.25) is 0 Å². The number of esters is 1. The Kier molecular flexibility index (Phi) is 5.99. The largest absolute Gasteiger partial charge is 0.453 e. The Labute approximate surface area is 164 Å². The number of amides is 1. The van der Waals surface area contributed by atoms with Gasteiger partial charge in [-0.25, -0.2) is 0 Å². The molecule has 6 nitrogen and oxygen atoms in total. The fourth-order valence-electron chi connectivity index (χ4n) is 2.97. The van der Waals surface area contributed by atoms with Gasteiger partial charge >= 0.3 is 5.97 Å². The Morgan fingerprint density at radius 1 is 1.11 bits per heavy atom. The van der Waals surface area contributed by atoms with Gasteiger partial charge in [0.2, 0.25) is 0 Å². The summed E-state index contributed by atoms with van der Waals surface area (Å²) in [5, 5.41) is 3.87. The lowest BCUT2D eigenvalue weighted by Crippen LogP contribution is -2.30. The van der Waals surface area contributed by atoms with E-state index in [1.54, 1.807) is 6.92 Å². The number of nitrogens with one attached hydrogen (secondary N) is 2. The normalized spacial score (nSPS) is 11.8. The molecule has 1 heterocycles. The fourth-order valence-corrected chi connectivity index (χ4v) is 2.97. The Balaban J connectivity index is 1.49. The molecule has 6 heteroatoms. The molecule has 1 amide bonds. The number of fused-ring (bicyclic) bond motifs is 1. The van der Waals surface area contributed by atoms with Crippen LogP contribution in [0.5, 0.6) is 0 Å². The highest BCUT2D eigenvalue weighted by atomic mass is 16.5. The molecule has 2 N–H and O–H groups in total. The van der Waals surface area contributed by atoms with Gasteiger partial charge in [-0.1, -0.05) is 18.2 Å². The van der Waals surface area contributed by atoms with Crippen LogP contribution < -0.4 is 10.2 Å². The number of benzene rings is 2. The first kappa shape index (κ1) is 19.5. The third-order valence-electron chi connectivity index (χ3n) is 4.60. The van der Waals surface area contributed by atoms with Gasteiger partial charge in [0.25, 0.3) is 5.91 Å². The Hall–Kier alpha value is -3.28. The second-order valence-corrected chi connectivity index (χ2v) is 6.92. The maximum absolute atomic E-state index is 12.3. The molecule has 0 radical (unpaired) electrons. The van der Waals surface area contributed by atoms with E-state index in [1.165, 1.54) is 0 Å². The van der Waals surface area contributed by atoms with Crippen LogP contribution in [0.4, 0.5) is 11.4 Å². The van der Waals surface area contributed by atoms with Crippen LogP contribution in [-0.2, 0) is 20.7 Å². The van der Waals surface area contributed by atoms with E-state index in [-0.39, 0.29) is 12.3 Å². The van der Waals surface area contributed by atoms with Crippen molar-refractivity contribution >= 4 is 34.2 Å². The van der Waals surface area contributed by atoms with Gasteiger partial charge in [-0.3, -0.25) is 9.59 Å². The molecular formula is C22H25N3O3. The number of aromatic nitrogens is 1. The molecule has 0 bridgehead atoms. The fraction of sp³-hybridized carbons (Fsp3) is 0.273. The molecule has 0 aliphatic heterocycles. The Morgan fingerprint density at radius 2 is 1.82 bits per heavy atom. The van der Waals surface area contributed by atoms with E-state index < -0.39 is 12.1 Å². The summed E-state index contributed by atoms with van der Waals surface area (Å²) >= 11 is 0. The molecule has 3 aromatic rings. The van der Waals surface area contributed by atoms with Crippen molar-refractivity contribution < 1.29 is 14.3 Å². The summed E-state index contributed by atoms with van der Waals surface area (Å²) in [5.74, 6) is -0.742. The number of aryl methyl sites for hydroxylation is 1. The first-order chi connectivity index (χ1) is 13.4. The van der Waals surface area contributed by atoms with E-state index in [0.717, 1.165) is 22.2 Å². The predicted molar refractivity (Wildman–Crippen MR) is 112 cm³/mol. The van der Waals surface area contributed by atoms with Crippen molar-refractivity contribution in [3.63, 3.8) is 0 Å². The zero-order chi connectivity index (χ0) is 20.1. The summed E-state index contributed by atoms with van der Waals surface area (Å²) in [6, 6.07) is 15.4. The average Bonchev–Trinajstić information content (AvgIpc) is 3.10. The summed E-state index contributed by atoms with van der Waals surface area (Å²) < 4.78 is 5.29. The minimum absolute atomic E-state index is 0.219. The van der Waals surface area contributed by atoms with Crippen molar-refractivity contribution in [1.82, 2.24) is 4.98 Å². The SMILES string of the molecule is CC(OC(=O)CCc1c[nH]c2ccccc12)C(=O)Nc1ccc(N(C)C)cc1. The van der Waals surface area contributed by atoms with Crippen molar-refractivity contribution in [2.75, 3.05) is 24.3 Å². The van der Waals surface area contributed by atoms with Gasteiger partial charge in [-0.05, 0) is 49.2 Å². The number of hydrogen-bond acceptors (Lipinski definition) is 4. The first-order valence-corrected chi connectivity index (χ1v) is 9.27. The molecule has 0 aliphatic rings. The van der Waals surface area contributed by atoms with Gasteiger partial charge < -0.3 is 19.9 Å². The monoisotopic (exact) mass is 379 g/mol. The average molecular weight is 379 g/mol. The minimum Gasteiger partial charge on any atom is -0.453 e. The van der Waals surface area contributed by atoms with Gasteiger partial charge in [0.05, 0.1) is 0 Å². The van der Waals surface area contributed by atoms with Crippen molar-refractivity contribution in [3.05, 3.63) is 60.3 Å². The number of aromatic amines is 1. The molecule has 3 rings (SSSR count). The molecule has 1 aromatic heterocycles. The summed E-state index contributed by atoms with van der Waals surface area (Å²) in [4.78, 5) is 29.6. The van der Waals surface area contributed by atoms with Crippen molar-refractivity contribution in [2.24, 2.45) is 0 Å². The van der Waals surface area contributed by atoms with Crippen molar-refractivity contribution in [3.8, 4) is 0 Å². The van der Waals surface area contributed by atoms with Gasteiger partial charge in [0.1, 0.15) is 0 Å². The molecule has 1 unspecified atom stereocenters. The van der Waals surface area contributed by atoms with Crippen LogP contribution >= 0.6 is 0 Å². The van der Waals surface area contributed by atoms with E-state index in [0.29, 0.717) is 12.1 Å². The zero-order valence-corrected chi connectivity index (χ0v) is 16.4. The van der Waals surface area contributed by atoms with Crippen LogP contribution in [0.1, 0.15) is 18.9 Å². The quantitative estimate of drug-likeness (QED) is 0.614. The van der Waals surface area contributed by atoms with Gasteiger partial charge in [0.15, 0.2) is 6.10 Å². The topological polar surface area (TPSA) is 74.4 Å². The molecule has 0 saturated carbocycles. The van der Waals surface area contributed by atoms with Crippen LogP contribution in [-0.4, -0.2) is 37.1 Å². The minimum atomic E-state index is -0.857. The Morgan fingerprint density at radius 3 is 2.54 bits per heavy atom. The number of nitrogens with zero attached hydrogens (tertiary/aromatic N) is 1. The first-order valence-electron chi connectivity index (χ1n) is 9.27. The highest BCUT2D eigenvalue weighted by Gasteiger charge is 2.18. The zero-order valence-electron chi connectivity index (χ0n) is 16.4. The standard InChI is InChI=1S/C22H25N3O3/c1-15(22(27)24-17-9-11-18(12-10-17)25(2)3)28-21(26)13-8-16-14-23-20-7-5-4-6-19(16)20/h4-7,9-12,14-15,23H,8,13H2,1-3H3,(H,24,27). The van der Waals surface area contributed by atoms with Gasteiger partial charge in [0, 0.05) is 49.0 Å². The second-order valence-electron chi connectivity index (χ2n) is 6.92. The van der Waals surface area contributed by atoms with Crippen molar-refractivity contribution in [2.45, 2.75) is 25.9 Å². The van der Waals surface area contributed by atoms with Crippen molar-refractivity contribution in [1.29, 1.82) is 0 Å². The number of H-pyrrole nitrogens is 1. The number of hydrogen-bond donors (Lipinski definition) is 2. The van der Waals surface area contributed by atoms with E-state index in [1.807, 2.05) is 73.7 Å². The van der Waals surface area contributed by atoms with E-state index in [4.69, 9.17) is 4.74 Å². The Bertz CT molecular complexity index is 961. The maximum Gasteiger partial charge on any atom is 0.306 e. The lowest BCUT2D eigenvalue weighted by Gasteiger charge is -2.15. The smallest absolute Gasteiger partial charge is 0.306 e. The number of rotatable bonds is 7. The van der Waals surface area contributed by atoms with Crippen LogP contribution in [0, 0.1) is 0 Å². The lowest BCUT2D eigenvalue weighted by molar-refractivity contribution is -0.153. The highest BCUT2D eigenvalue weighted by Crippen LogP contribution is 2.19. The van der Waals surface area contributed by atoms with E-state index >= 15 is 0 Å². The maximum atomic E-state index is 12.3. The number of carbonyl (C=O) groups is 2.